The fraction of sp³-hybridized carbons (Fsp3) is 0.700. The molecule has 1 heterocycles. The van der Waals surface area contributed by atoms with E-state index in [1.165, 1.54) is 6.92 Å². The zero-order valence-electron chi connectivity index (χ0n) is 9.79. The monoisotopic (exact) mass is 246 g/mol. The van der Waals surface area contributed by atoms with E-state index in [1.54, 1.807) is 12.5 Å². The number of hydrogen-bond acceptors (Lipinski definition) is 3. The second kappa shape index (κ2) is 4.55. The fourth-order valence-electron chi connectivity index (χ4n) is 1.45. The van der Waals surface area contributed by atoms with Crippen LogP contribution in [0.1, 0.15) is 33.6 Å². The van der Waals surface area contributed by atoms with E-state index in [0.717, 1.165) is 0 Å². The molecule has 1 atom stereocenters. The minimum atomic E-state index is -3.92. The van der Waals surface area contributed by atoms with Gasteiger partial charge >= 0.3 is 0 Å². The minimum Gasteiger partial charge on any atom is -0.332 e. The molecule has 0 radical (unpaired) electrons. The molecule has 0 amide bonds. The molecular weight excluding hydrogens is 228 g/mol. The van der Waals surface area contributed by atoms with Gasteiger partial charge in [-0.1, -0.05) is 0 Å². The molecule has 0 aromatic carbocycles. The Morgan fingerprint density at radius 2 is 2.12 bits per heavy atom. The van der Waals surface area contributed by atoms with E-state index >= 15 is 0 Å². The van der Waals surface area contributed by atoms with Crippen molar-refractivity contribution in [1.82, 2.24) is 9.55 Å². The van der Waals surface area contributed by atoms with Crippen LogP contribution in [0.3, 0.4) is 0 Å². The average Bonchev–Trinajstić information content (AvgIpc) is 2.65. The second-order valence-electron chi connectivity index (χ2n) is 4.65. The molecule has 16 heavy (non-hydrogen) atoms. The third-order valence-electron chi connectivity index (χ3n) is 2.87. The molecule has 1 unspecified atom stereocenters. The van der Waals surface area contributed by atoms with Crippen molar-refractivity contribution >= 4 is 10.1 Å². The summed E-state index contributed by atoms with van der Waals surface area (Å²) in [4.78, 5) is 3.96. The highest BCUT2D eigenvalue weighted by Gasteiger charge is 2.24. The van der Waals surface area contributed by atoms with Crippen molar-refractivity contribution in [2.75, 3.05) is 0 Å². The fourth-order valence-corrected chi connectivity index (χ4v) is 1.87. The van der Waals surface area contributed by atoms with Gasteiger partial charge in [-0.15, -0.1) is 0 Å². The van der Waals surface area contributed by atoms with E-state index in [1.807, 2.05) is 24.6 Å². The highest BCUT2D eigenvalue weighted by atomic mass is 32.2. The highest BCUT2D eigenvalue weighted by molar-refractivity contribution is 7.86. The van der Waals surface area contributed by atoms with E-state index in [9.17, 15) is 8.42 Å². The van der Waals surface area contributed by atoms with Gasteiger partial charge in [-0.25, -0.2) is 4.98 Å². The molecule has 5 nitrogen and oxygen atoms in total. The summed E-state index contributed by atoms with van der Waals surface area (Å²) >= 11 is 0. The Kier molecular flexibility index (Phi) is 3.75. The molecule has 6 heteroatoms. The lowest BCUT2D eigenvalue weighted by molar-refractivity contribution is 0.315. The summed E-state index contributed by atoms with van der Waals surface area (Å²) in [5, 5.41) is -0.727. The third-order valence-corrected chi connectivity index (χ3v) is 4.13. The lowest BCUT2D eigenvalue weighted by Gasteiger charge is -2.27. The van der Waals surface area contributed by atoms with Gasteiger partial charge in [-0.2, -0.15) is 8.42 Å². The van der Waals surface area contributed by atoms with E-state index in [-0.39, 0.29) is 5.54 Å². The molecule has 0 aliphatic heterocycles. The Hall–Kier alpha value is -0.880. The molecule has 0 aliphatic rings. The predicted molar refractivity (Wildman–Crippen MR) is 61.8 cm³/mol. The number of imidazole rings is 1. The van der Waals surface area contributed by atoms with Crippen LogP contribution in [-0.4, -0.2) is 27.8 Å². The Bertz CT molecular complexity index is 423. The van der Waals surface area contributed by atoms with Crippen molar-refractivity contribution in [3.63, 3.8) is 0 Å². The summed E-state index contributed by atoms with van der Waals surface area (Å²) in [7, 11) is -3.92. The maximum atomic E-state index is 10.9. The average molecular weight is 246 g/mol. The largest absolute Gasteiger partial charge is 0.332 e. The standard InChI is InChI=1S/C10H18N2O3S/c1-9(16(13,14)15)4-5-10(2,3)12-7-6-11-8-12/h6-9H,4-5H2,1-3H3,(H,13,14,15). The molecular formula is C10H18N2O3S. The van der Waals surface area contributed by atoms with Crippen LogP contribution < -0.4 is 0 Å². The molecule has 0 saturated heterocycles. The SMILES string of the molecule is CC(CCC(C)(C)n1ccnc1)S(=O)(=O)O. The van der Waals surface area contributed by atoms with E-state index in [0.29, 0.717) is 12.8 Å². The number of rotatable bonds is 5. The lowest BCUT2D eigenvalue weighted by Crippen LogP contribution is -2.28. The van der Waals surface area contributed by atoms with Crippen LogP contribution in [0, 0.1) is 0 Å². The molecule has 0 fully saturated rings. The van der Waals surface area contributed by atoms with Crippen molar-refractivity contribution in [3.05, 3.63) is 18.7 Å². The molecule has 0 aliphatic carbocycles. The van der Waals surface area contributed by atoms with Crippen LogP contribution in [-0.2, 0) is 15.7 Å². The number of hydrogen-bond donors (Lipinski definition) is 1. The molecule has 1 aromatic rings. The molecule has 92 valence electrons. The number of nitrogens with zero attached hydrogens (tertiary/aromatic N) is 2. The van der Waals surface area contributed by atoms with Gasteiger partial charge < -0.3 is 4.57 Å². The van der Waals surface area contributed by atoms with Gasteiger partial charge in [0.05, 0.1) is 11.6 Å². The quantitative estimate of drug-likeness (QED) is 0.802. The van der Waals surface area contributed by atoms with Gasteiger partial charge in [-0.3, -0.25) is 4.55 Å². The van der Waals surface area contributed by atoms with Gasteiger partial charge in [0.15, 0.2) is 0 Å². The summed E-state index contributed by atoms with van der Waals surface area (Å²) in [6, 6.07) is 0. The van der Waals surface area contributed by atoms with Crippen molar-refractivity contribution in [2.24, 2.45) is 0 Å². The van der Waals surface area contributed by atoms with Crippen LogP contribution in [0.5, 0.6) is 0 Å². The maximum Gasteiger partial charge on any atom is 0.267 e. The highest BCUT2D eigenvalue weighted by Crippen LogP contribution is 2.23. The Balaban J connectivity index is 2.62. The Morgan fingerprint density at radius 3 is 2.56 bits per heavy atom. The molecule has 1 rings (SSSR count). The van der Waals surface area contributed by atoms with E-state index in [4.69, 9.17) is 4.55 Å². The first kappa shape index (κ1) is 13.2. The summed E-state index contributed by atoms with van der Waals surface area (Å²) in [6.45, 7) is 5.52. The first-order valence-electron chi connectivity index (χ1n) is 5.18. The topological polar surface area (TPSA) is 72.2 Å². The van der Waals surface area contributed by atoms with Gasteiger partial charge in [-0.05, 0) is 33.6 Å². The van der Waals surface area contributed by atoms with Crippen molar-refractivity contribution in [1.29, 1.82) is 0 Å². The van der Waals surface area contributed by atoms with Gasteiger partial charge in [0.1, 0.15) is 0 Å². The Morgan fingerprint density at radius 1 is 1.50 bits per heavy atom. The van der Waals surface area contributed by atoms with Gasteiger partial charge in [0.25, 0.3) is 10.1 Å². The minimum absolute atomic E-state index is 0.199. The van der Waals surface area contributed by atoms with Crippen molar-refractivity contribution in [3.8, 4) is 0 Å². The van der Waals surface area contributed by atoms with Crippen LogP contribution in [0.4, 0.5) is 0 Å². The van der Waals surface area contributed by atoms with E-state index < -0.39 is 15.4 Å². The molecule has 1 N–H and O–H groups in total. The summed E-state index contributed by atoms with van der Waals surface area (Å²) in [6.07, 6.45) is 6.32. The molecule has 0 bridgehead atoms. The van der Waals surface area contributed by atoms with Gasteiger partial charge in [0.2, 0.25) is 0 Å². The van der Waals surface area contributed by atoms with Crippen molar-refractivity contribution in [2.45, 2.75) is 44.4 Å². The lowest BCUT2D eigenvalue weighted by atomic mass is 9.97. The second-order valence-corrected chi connectivity index (χ2v) is 6.48. The normalized spacial score (nSPS) is 15.0. The number of aromatic nitrogens is 2. The Labute approximate surface area is 96.3 Å². The summed E-state index contributed by atoms with van der Waals surface area (Å²) in [5.41, 5.74) is -0.199. The molecule has 1 aromatic heterocycles. The first-order valence-corrected chi connectivity index (χ1v) is 6.68. The first-order chi connectivity index (χ1) is 7.23. The zero-order valence-corrected chi connectivity index (χ0v) is 10.6. The van der Waals surface area contributed by atoms with Crippen LogP contribution in [0.15, 0.2) is 18.7 Å². The third kappa shape index (κ3) is 3.31. The van der Waals surface area contributed by atoms with Crippen molar-refractivity contribution < 1.29 is 13.0 Å². The maximum absolute atomic E-state index is 10.9. The zero-order chi connectivity index (χ0) is 12.4. The molecule has 0 spiro atoms. The summed E-state index contributed by atoms with van der Waals surface area (Å²) in [5.74, 6) is 0. The summed E-state index contributed by atoms with van der Waals surface area (Å²) < 4.78 is 32.5. The van der Waals surface area contributed by atoms with E-state index in [2.05, 4.69) is 4.98 Å². The molecule has 0 saturated carbocycles. The van der Waals surface area contributed by atoms with Gasteiger partial charge in [0, 0.05) is 17.9 Å². The smallest absolute Gasteiger partial charge is 0.267 e. The predicted octanol–water partition coefficient (Wildman–Crippen LogP) is 1.67. The van der Waals surface area contributed by atoms with Crippen LogP contribution in [0.2, 0.25) is 0 Å². The van der Waals surface area contributed by atoms with Crippen LogP contribution >= 0.6 is 0 Å². The van der Waals surface area contributed by atoms with Crippen LogP contribution in [0.25, 0.3) is 0 Å².